The fraction of sp³-hybridized carbons (Fsp3) is 0.714. The van der Waals surface area contributed by atoms with Crippen LogP contribution >= 0.6 is 0 Å². The Morgan fingerprint density at radius 3 is 2.45 bits per heavy atom. The van der Waals surface area contributed by atoms with E-state index in [9.17, 15) is 0 Å². The van der Waals surface area contributed by atoms with Gasteiger partial charge in [-0.3, -0.25) is 0 Å². The highest BCUT2D eigenvalue weighted by molar-refractivity contribution is 5.27. The van der Waals surface area contributed by atoms with E-state index in [1.807, 2.05) is 0 Å². The molecule has 0 aromatic heterocycles. The molecule has 1 aliphatic heterocycles. The first-order chi connectivity index (χ1) is 10.5. The van der Waals surface area contributed by atoms with Crippen molar-refractivity contribution in [2.24, 2.45) is 11.3 Å². The van der Waals surface area contributed by atoms with Crippen LogP contribution in [0.5, 0.6) is 0 Å². The Morgan fingerprint density at radius 1 is 1.05 bits per heavy atom. The molecule has 2 aliphatic rings. The van der Waals surface area contributed by atoms with Crippen LogP contribution in [-0.4, -0.2) is 12.6 Å². The van der Waals surface area contributed by atoms with Crippen molar-refractivity contribution in [3.63, 3.8) is 0 Å². The van der Waals surface area contributed by atoms with Crippen molar-refractivity contribution in [2.45, 2.75) is 77.7 Å². The number of hydrogen-bond donors (Lipinski definition) is 1. The number of benzene rings is 1. The van der Waals surface area contributed by atoms with Crippen LogP contribution in [0, 0.1) is 11.3 Å². The first kappa shape index (κ1) is 16.1. The second-order valence-electron chi connectivity index (χ2n) is 8.66. The third-order valence-electron chi connectivity index (χ3n) is 6.02. The number of nitrogens with one attached hydrogen (secondary N) is 1. The normalized spacial score (nSPS) is 29.7. The van der Waals surface area contributed by atoms with Crippen molar-refractivity contribution in [3.05, 3.63) is 35.4 Å². The maximum atomic E-state index is 3.63. The maximum Gasteiger partial charge on any atom is 0.0108 e. The number of hydrogen-bond acceptors (Lipinski definition) is 1. The van der Waals surface area contributed by atoms with Gasteiger partial charge in [0.25, 0.3) is 0 Å². The predicted octanol–water partition coefficient (Wildman–Crippen LogP) is 5.30. The van der Waals surface area contributed by atoms with Crippen LogP contribution in [0.25, 0.3) is 0 Å². The summed E-state index contributed by atoms with van der Waals surface area (Å²) < 4.78 is 0. The van der Waals surface area contributed by atoms with Crippen LogP contribution in [-0.2, 0) is 6.42 Å². The standard InChI is InChI=1S/C21H33N/c1-21(2,3)19-11-9-17(10-12-19)18-7-4-6-16(14-18)15-20-8-5-13-22-20/h4,6-7,14,17,19-20,22H,5,8-13,15H2,1-3H3. The molecule has 0 radical (unpaired) electrons. The molecule has 1 atom stereocenters. The summed E-state index contributed by atoms with van der Waals surface area (Å²) in [6.07, 6.45) is 9.48. The molecule has 1 N–H and O–H groups in total. The second kappa shape index (κ2) is 6.74. The first-order valence-electron chi connectivity index (χ1n) is 9.34. The molecule has 1 aromatic rings. The largest absolute Gasteiger partial charge is 0.314 e. The van der Waals surface area contributed by atoms with Crippen LogP contribution in [0.1, 0.15) is 76.3 Å². The molecule has 1 aliphatic carbocycles. The van der Waals surface area contributed by atoms with Crippen molar-refractivity contribution < 1.29 is 0 Å². The minimum atomic E-state index is 0.487. The van der Waals surface area contributed by atoms with Crippen molar-refractivity contribution in [2.75, 3.05) is 6.54 Å². The Hall–Kier alpha value is -0.820. The third kappa shape index (κ3) is 3.93. The molecule has 2 fully saturated rings. The molecule has 1 nitrogen and oxygen atoms in total. The van der Waals surface area contributed by atoms with Gasteiger partial charge in [0.15, 0.2) is 0 Å². The Kier molecular flexibility index (Phi) is 4.92. The lowest BCUT2D eigenvalue weighted by Crippen LogP contribution is -2.25. The third-order valence-corrected chi connectivity index (χ3v) is 6.02. The smallest absolute Gasteiger partial charge is 0.0108 e. The van der Waals surface area contributed by atoms with E-state index >= 15 is 0 Å². The van der Waals surface area contributed by atoms with Crippen molar-refractivity contribution in [1.82, 2.24) is 5.32 Å². The molecule has 0 amide bonds. The molecule has 1 aromatic carbocycles. The monoisotopic (exact) mass is 299 g/mol. The van der Waals surface area contributed by atoms with E-state index < -0.39 is 0 Å². The summed E-state index contributed by atoms with van der Waals surface area (Å²) in [5.74, 6) is 1.71. The summed E-state index contributed by atoms with van der Waals surface area (Å²) in [5.41, 5.74) is 3.62. The maximum absolute atomic E-state index is 3.63. The summed E-state index contributed by atoms with van der Waals surface area (Å²) >= 11 is 0. The van der Waals surface area contributed by atoms with Gasteiger partial charge in [0.2, 0.25) is 0 Å². The van der Waals surface area contributed by atoms with Crippen LogP contribution in [0.15, 0.2) is 24.3 Å². The molecule has 122 valence electrons. The zero-order valence-electron chi connectivity index (χ0n) is 14.7. The Labute approximate surface area is 136 Å². The highest BCUT2D eigenvalue weighted by Gasteiger charge is 2.30. The zero-order valence-corrected chi connectivity index (χ0v) is 14.7. The van der Waals surface area contributed by atoms with E-state index in [-0.39, 0.29) is 0 Å². The van der Waals surface area contributed by atoms with Gasteiger partial charge in [-0.25, -0.2) is 0 Å². The molecule has 1 heteroatoms. The van der Waals surface area contributed by atoms with Crippen LogP contribution < -0.4 is 5.32 Å². The molecule has 1 heterocycles. The average Bonchev–Trinajstić information content (AvgIpc) is 3.00. The molecule has 3 rings (SSSR count). The molecule has 22 heavy (non-hydrogen) atoms. The van der Waals surface area contributed by atoms with E-state index in [2.05, 4.69) is 50.4 Å². The predicted molar refractivity (Wildman–Crippen MR) is 95.3 cm³/mol. The summed E-state index contributed by atoms with van der Waals surface area (Å²) in [7, 11) is 0. The van der Waals surface area contributed by atoms with E-state index in [4.69, 9.17) is 0 Å². The molecule has 1 unspecified atom stereocenters. The lowest BCUT2D eigenvalue weighted by atomic mass is 9.68. The Morgan fingerprint density at radius 2 is 1.82 bits per heavy atom. The van der Waals surface area contributed by atoms with Crippen molar-refractivity contribution in [1.29, 1.82) is 0 Å². The van der Waals surface area contributed by atoms with Crippen LogP contribution in [0.4, 0.5) is 0 Å². The summed E-state index contributed by atoms with van der Waals surface area (Å²) in [4.78, 5) is 0. The van der Waals surface area contributed by atoms with Crippen LogP contribution in [0.3, 0.4) is 0 Å². The van der Waals surface area contributed by atoms with E-state index in [0.717, 1.165) is 11.8 Å². The fourth-order valence-electron chi connectivity index (χ4n) is 4.48. The van der Waals surface area contributed by atoms with Crippen molar-refractivity contribution >= 4 is 0 Å². The highest BCUT2D eigenvalue weighted by atomic mass is 14.9. The lowest BCUT2D eigenvalue weighted by molar-refractivity contribution is 0.169. The van der Waals surface area contributed by atoms with Gasteiger partial charge in [0, 0.05) is 6.04 Å². The van der Waals surface area contributed by atoms with Gasteiger partial charge in [-0.15, -0.1) is 0 Å². The van der Waals surface area contributed by atoms with Gasteiger partial charge < -0.3 is 5.32 Å². The molecule has 0 bridgehead atoms. The minimum Gasteiger partial charge on any atom is -0.314 e. The Bertz CT molecular complexity index is 471. The fourth-order valence-corrected chi connectivity index (χ4v) is 4.48. The van der Waals surface area contributed by atoms with Crippen LogP contribution in [0.2, 0.25) is 0 Å². The van der Waals surface area contributed by atoms with E-state index in [1.54, 1.807) is 5.56 Å². The van der Waals surface area contributed by atoms with Gasteiger partial charge in [-0.1, -0.05) is 45.0 Å². The molecule has 1 saturated carbocycles. The highest BCUT2D eigenvalue weighted by Crippen LogP contribution is 2.43. The molecular formula is C21H33N. The summed E-state index contributed by atoms with van der Waals surface area (Å²) in [6.45, 7) is 8.44. The van der Waals surface area contributed by atoms with Crippen molar-refractivity contribution in [3.8, 4) is 0 Å². The summed E-state index contributed by atoms with van der Waals surface area (Å²) in [6, 6.07) is 10.2. The van der Waals surface area contributed by atoms with E-state index in [0.29, 0.717) is 11.5 Å². The summed E-state index contributed by atoms with van der Waals surface area (Å²) in [5, 5.41) is 3.63. The minimum absolute atomic E-state index is 0.487. The topological polar surface area (TPSA) is 12.0 Å². The van der Waals surface area contributed by atoms with E-state index in [1.165, 1.54) is 57.1 Å². The molecular weight excluding hydrogens is 266 g/mol. The lowest BCUT2D eigenvalue weighted by Gasteiger charge is -2.37. The molecule has 0 spiro atoms. The SMILES string of the molecule is CC(C)(C)C1CCC(c2cccc(CC3CCCN3)c2)CC1. The zero-order chi connectivity index (χ0) is 15.6. The van der Waals surface area contributed by atoms with Gasteiger partial charge in [0.05, 0.1) is 0 Å². The second-order valence-corrected chi connectivity index (χ2v) is 8.66. The van der Waals surface area contributed by atoms with Gasteiger partial charge in [-0.2, -0.15) is 0 Å². The average molecular weight is 300 g/mol. The first-order valence-corrected chi connectivity index (χ1v) is 9.34. The number of rotatable bonds is 3. The molecule has 1 saturated heterocycles. The quantitative estimate of drug-likeness (QED) is 0.798. The van der Waals surface area contributed by atoms with Gasteiger partial charge in [0.1, 0.15) is 0 Å². The van der Waals surface area contributed by atoms with Gasteiger partial charge >= 0.3 is 0 Å². The van der Waals surface area contributed by atoms with Gasteiger partial charge in [-0.05, 0) is 79.9 Å². The Balaban J connectivity index is 1.61.